The largest absolute Gasteiger partial charge is 0.480 e. The van der Waals surface area contributed by atoms with Crippen LogP contribution in [0.1, 0.15) is 39.0 Å². The van der Waals surface area contributed by atoms with Crippen LogP contribution in [0.5, 0.6) is 0 Å². The van der Waals surface area contributed by atoms with Crippen molar-refractivity contribution in [1.82, 2.24) is 10.2 Å². The zero-order valence-corrected chi connectivity index (χ0v) is 14.0. The van der Waals surface area contributed by atoms with E-state index >= 15 is 0 Å². The molecule has 2 rings (SSSR count). The molecule has 3 unspecified atom stereocenters. The highest BCUT2D eigenvalue weighted by Gasteiger charge is 2.41. The lowest BCUT2D eigenvalue weighted by Crippen LogP contribution is -2.51. The van der Waals surface area contributed by atoms with Crippen molar-refractivity contribution in [2.75, 3.05) is 18.1 Å². The van der Waals surface area contributed by atoms with E-state index in [0.29, 0.717) is 17.5 Å². The standard InChI is InChI=1S/C14H24N2O3S2/c1-2-5-12-16(11(9-21-12)13(17)18)14(19)15-8-10-6-3-4-7-20-10/h10-12H,2-9H2,1H3,(H,15,19)(H,17,18). The van der Waals surface area contributed by atoms with Crippen molar-refractivity contribution in [2.24, 2.45) is 0 Å². The Labute approximate surface area is 134 Å². The number of nitrogens with zero attached hydrogens (tertiary/aromatic N) is 1. The fourth-order valence-electron chi connectivity index (χ4n) is 2.76. The highest BCUT2D eigenvalue weighted by atomic mass is 32.2. The van der Waals surface area contributed by atoms with Gasteiger partial charge in [0.05, 0.1) is 5.37 Å². The Kier molecular flexibility index (Phi) is 6.54. The zero-order chi connectivity index (χ0) is 15.2. The Morgan fingerprint density at radius 2 is 2.14 bits per heavy atom. The number of carbonyl (C=O) groups is 2. The van der Waals surface area contributed by atoms with Gasteiger partial charge in [-0.15, -0.1) is 11.8 Å². The van der Waals surface area contributed by atoms with Crippen LogP contribution < -0.4 is 5.32 Å². The summed E-state index contributed by atoms with van der Waals surface area (Å²) in [6.07, 6.45) is 5.42. The average molecular weight is 332 g/mol. The van der Waals surface area contributed by atoms with Gasteiger partial charge in [0.15, 0.2) is 0 Å². The third-order valence-electron chi connectivity index (χ3n) is 3.90. The summed E-state index contributed by atoms with van der Waals surface area (Å²) in [4.78, 5) is 25.3. The van der Waals surface area contributed by atoms with Gasteiger partial charge in [-0.3, -0.25) is 4.90 Å². The topological polar surface area (TPSA) is 69.6 Å². The number of carboxylic acid groups (broad SMARTS) is 1. The normalized spacial score (nSPS) is 29.4. The predicted octanol–water partition coefficient (Wildman–Crippen LogP) is 2.61. The minimum Gasteiger partial charge on any atom is -0.480 e. The van der Waals surface area contributed by atoms with Crippen molar-refractivity contribution < 1.29 is 14.7 Å². The number of carbonyl (C=O) groups excluding carboxylic acids is 1. The Balaban J connectivity index is 1.91. The molecular formula is C14H24N2O3S2. The molecule has 0 aromatic carbocycles. The van der Waals surface area contributed by atoms with E-state index in [-0.39, 0.29) is 11.4 Å². The van der Waals surface area contributed by atoms with Crippen LogP contribution in [-0.4, -0.2) is 56.7 Å². The minimum absolute atomic E-state index is 0.00453. The van der Waals surface area contributed by atoms with Crippen LogP contribution in [0, 0.1) is 0 Å². The Hall–Kier alpha value is -0.560. The smallest absolute Gasteiger partial charge is 0.327 e. The summed E-state index contributed by atoms with van der Waals surface area (Å²) >= 11 is 3.49. The summed E-state index contributed by atoms with van der Waals surface area (Å²) in [6.45, 7) is 2.71. The molecule has 0 saturated carbocycles. The molecule has 2 aliphatic heterocycles. The molecule has 5 nitrogen and oxygen atoms in total. The van der Waals surface area contributed by atoms with Crippen molar-refractivity contribution in [3.05, 3.63) is 0 Å². The van der Waals surface area contributed by atoms with Crippen LogP contribution in [0.25, 0.3) is 0 Å². The number of carboxylic acids is 1. The van der Waals surface area contributed by atoms with Crippen LogP contribution in [0.2, 0.25) is 0 Å². The molecular weight excluding hydrogens is 308 g/mol. The second-order valence-electron chi connectivity index (χ2n) is 5.51. The van der Waals surface area contributed by atoms with Crippen LogP contribution in [0.15, 0.2) is 0 Å². The molecule has 0 spiro atoms. The lowest BCUT2D eigenvalue weighted by Gasteiger charge is -2.29. The summed E-state index contributed by atoms with van der Waals surface area (Å²) in [5, 5.41) is 12.7. The molecule has 0 aromatic rings. The van der Waals surface area contributed by atoms with Gasteiger partial charge in [0.1, 0.15) is 6.04 Å². The summed E-state index contributed by atoms with van der Waals surface area (Å²) < 4.78 is 0. The fourth-order valence-corrected chi connectivity index (χ4v) is 5.51. The van der Waals surface area contributed by atoms with Crippen molar-refractivity contribution >= 4 is 35.5 Å². The molecule has 0 aromatic heterocycles. The second-order valence-corrected chi connectivity index (χ2v) is 8.13. The van der Waals surface area contributed by atoms with Gasteiger partial charge in [-0.2, -0.15) is 11.8 Å². The third-order valence-corrected chi connectivity index (χ3v) is 6.66. The Morgan fingerprint density at radius 3 is 2.76 bits per heavy atom. The van der Waals surface area contributed by atoms with E-state index in [4.69, 9.17) is 0 Å². The Bertz CT molecular complexity index is 375. The average Bonchev–Trinajstić information content (AvgIpc) is 2.90. The maximum absolute atomic E-state index is 12.4. The maximum atomic E-state index is 12.4. The van der Waals surface area contributed by atoms with Crippen molar-refractivity contribution in [1.29, 1.82) is 0 Å². The van der Waals surface area contributed by atoms with E-state index < -0.39 is 12.0 Å². The highest BCUT2D eigenvalue weighted by Crippen LogP contribution is 2.32. The quantitative estimate of drug-likeness (QED) is 0.810. The lowest BCUT2D eigenvalue weighted by molar-refractivity contribution is -0.141. The molecule has 0 radical (unpaired) electrons. The molecule has 7 heteroatoms. The van der Waals surface area contributed by atoms with Gasteiger partial charge in [0, 0.05) is 17.5 Å². The first-order valence-corrected chi connectivity index (χ1v) is 9.75. The second kappa shape index (κ2) is 8.17. The number of urea groups is 1. The van der Waals surface area contributed by atoms with Crippen LogP contribution in [-0.2, 0) is 4.79 Å². The van der Waals surface area contributed by atoms with E-state index in [2.05, 4.69) is 12.2 Å². The number of thioether (sulfide) groups is 2. The van der Waals surface area contributed by atoms with Gasteiger partial charge < -0.3 is 10.4 Å². The summed E-state index contributed by atoms with van der Waals surface area (Å²) in [5.41, 5.74) is 0. The number of aliphatic carboxylic acids is 1. The number of amides is 2. The zero-order valence-electron chi connectivity index (χ0n) is 12.4. The van der Waals surface area contributed by atoms with Crippen LogP contribution >= 0.6 is 23.5 Å². The summed E-state index contributed by atoms with van der Waals surface area (Å²) in [7, 11) is 0. The minimum atomic E-state index is -0.900. The fraction of sp³-hybridized carbons (Fsp3) is 0.857. The van der Waals surface area contributed by atoms with Gasteiger partial charge in [0.2, 0.25) is 0 Å². The van der Waals surface area contributed by atoms with E-state index in [0.717, 1.165) is 25.0 Å². The van der Waals surface area contributed by atoms with E-state index in [1.165, 1.54) is 12.8 Å². The van der Waals surface area contributed by atoms with E-state index in [9.17, 15) is 14.7 Å². The molecule has 2 aliphatic rings. The van der Waals surface area contributed by atoms with E-state index in [1.807, 2.05) is 11.8 Å². The van der Waals surface area contributed by atoms with Crippen molar-refractivity contribution in [3.63, 3.8) is 0 Å². The van der Waals surface area contributed by atoms with Gasteiger partial charge in [-0.05, 0) is 25.0 Å². The number of rotatable bonds is 5. The lowest BCUT2D eigenvalue weighted by atomic mass is 10.2. The molecule has 21 heavy (non-hydrogen) atoms. The number of hydrogen-bond donors (Lipinski definition) is 2. The van der Waals surface area contributed by atoms with Crippen LogP contribution in [0.3, 0.4) is 0 Å². The van der Waals surface area contributed by atoms with Crippen LogP contribution in [0.4, 0.5) is 4.79 Å². The molecule has 2 saturated heterocycles. The first kappa shape index (κ1) is 16.8. The monoisotopic (exact) mass is 332 g/mol. The Morgan fingerprint density at radius 1 is 1.33 bits per heavy atom. The SMILES string of the molecule is CCCC1SCC(C(=O)O)N1C(=O)NCC1CCCCS1. The molecule has 2 amide bonds. The number of nitrogens with one attached hydrogen (secondary N) is 1. The van der Waals surface area contributed by atoms with E-state index in [1.54, 1.807) is 16.7 Å². The summed E-state index contributed by atoms with van der Waals surface area (Å²) in [5.74, 6) is 0.755. The molecule has 3 atom stereocenters. The molecule has 0 bridgehead atoms. The summed E-state index contributed by atoms with van der Waals surface area (Å²) in [6, 6.07) is -0.900. The van der Waals surface area contributed by atoms with Gasteiger partial charge in [-0.1, -0.05) is 19.8 Å². The maximum Gasteiger partial charge on any atom is 0.327 e. The van der Waals surface area contributed by atoms with Gasteiger partial charge in [-0.25, -0.2) is 9.59 Å². The molecule has 120 valence electrons. The van der Waals surface area contributed by atoms with Crippen molar-refractivity contribution in [3.8, 4) is 0 Å². The van der Waals surface area contributed by atoms with Gasteiger partial charge >= 0.3 is 12.0 Å². The molecule has 2 N–H and O–H groups in total. The van der Waals surface area contributed by atoms with Gasteiger partial charge in [0.25, 0.3) is 0 Å². The molecule has 2 fully saturated rings. The third kappa shape index (κ3) is 4.45. The first-order valence-electron chi connectivity index (χ1n) is 7.65. The molecule has 0 aliphatic carbocycles. The van der Waals surface area contributed by atoms with Crippen molar-refractivity contribution in [2.45, 2.75) is 55.7 Å². The predicted molar refractivity (Wildman–Crippen MR) is 87.9 cm³/mol. The first-order chi connectivity index (χ1) is 10.1. The highest BCUT2D eigenvalue weighted by molar-refractivity contribution is 8.00. The molecule has 2 heterocycles. The number of hydrogen-bond acceptors (Lipinski definition) is 4.